The number of rotatable bonds is 4. The third kappa shape index (κ3) is 5.54. The van der Waals surface area contributed by atoms with Crippen molar-refractivity contribution in [2.24, 2.45) is 11.8 Å². The number of amides is 1. The second-order valence-corrected chi connectivity index (χ2v) is 10.2. The molecule has 35 heavy (non-hydrogen) atoms. The molecule has 1 saturated carbocycles. The molecule has 1 amide bonds. The molecule has 3 aliphatic rings. The summed E-state index contributed by atoms with van der Waals surface area (Å²) in [6.45, 7) is 5.95. The number of carbonyl (C=O) groups is 1. The van der Waals surface area contributed by atoms with Gasteiger partial charge < -0.3 is 14.7 Å². The highest BCUT2D eigenvalue weighted by atomic mass is 19.4. The normalized spacial score (nSPS) is 22.0. The third-order valence-electron chi connectivity index (χ3n) is 7.81. The zero-order valence-electron chi connectivity index (χ0n) is 20.1. The van der Waals surface area contributed by atoms with E-state index in [4.69, 9.17) is 0 Å². The van der Waals surface area contributed by atoms with Gasteiger partial charge in [0.1, 0.15) is 5.82 Å². The van der Waals surface area contributed by atoms with Gasteiger partial charge in [0.15, 0.2) is 5.65 Å². The Bertz CT molecular complexity index is 1010. The van der Waals surface area contributed by atoms with E-state index in [2.05, 4.69) is 20.2 Å². The molecule has 0 spiro atoms. The molecule has 2 aromatic heterocycles. The Kier molecular flexibility index (Phi) is 7.13. The highest BCUT2D eigenvalue weighted by Crippen LogP contribution is 2.29. The smallest absolute Gasteiger partial charge is 0.355 e. The molecule has 8 nitrogen and oxygen atoms in total. The molecular weight excluding hydrogens is 459 g/mol. The van der Waals surface area contributed by atoms with E-state index < -0.39 is 12.0 Å². The van der Waals surface area contributed by atoms with Gasteiger partial charge in [0.2, 0.25) is 5.91 Å². The van der Waals surface area contributed by atoms with Crippen molar-refractivity contribution in [3.05, 3.63) is 18.0 Å². The predicted octanol–water partition coefficient (Wildman–Crippen LogP) is 3.47. The molecule has 4 heterocycles. The van der Waals surface area contributed by atoms with E-state index >= 15 is 0 Å². The first kappa shape index (κ1) is 24.3. The largest absolute Gasteiger partial charge is 0.453 e. The predicted molar refractivity (Wildman–Crippen MR) is 125 cm³/mol. The minimum absolute atomic E-state index is 0.0412. The first-order valence-corrected chi connectivity index (χ1v) is 12.9. The summed E-state index contributed by atoms with van der Waals surface area (Å²) in [5.74, 6) is 0.319. The van der Waals surface area contributed by atoms with Crippen LogP contribution in [-0.4, -0.2) is 81.3 Å². The van der Waals surface area contributed by atoms with Crippen molar-refractivity contribution in [3.8, 4) is 0 Å². The maximum atomic E-state index is 13.3. The molecule has 0 radical (unpaired) electrons. The first-order chi connectivity index (χ1) is 16.9. The van der Waals surface area contributed by atoms with Crippen molar-refractivity contribution in [2.45, 2.75) is 57.5 Å². The average molecular weight is 494 g/mol. The van der Waals surface area contributed by atoms with Gasteiger partial charge in [-0.05, 0) is 56.7 Å². The molecule has 0 bridgehead atoms. The Morgan fingerprint density at radius 1 is 0.886 bits per heavy atom. The highest BCUT2D eigenvalue weighted by molar-refractivity contribution is 5.79. The number of anilines is 1. The van der Waals surface area contributed by atoms with Gasteiger partial charge >= 0.3 is 6.18 Å². The van der Waals surface area contributed by atoms with E-state index in [9.17, 15) is 18.0 Å². The minimum Gasteiger partial charge on any atom is -0.355 e. The molecule has 0 unspecified atom stereocenters. The number of fused-ring (bicyclic) bond motifs is 1. The topological polar surface area (TPSA) is 69.9 Å². The minimum atomic E-state index is -4.62. The molecular formula is C24H34F3N7O. The Morgan fingerprint density at radius 2 is 1.66 bits per heavy atom. The zero-order valence-corrected chi connectivity index (χ0v) is 20.1. The molecule has 2 saturated heterocycles. The number of nitrogens with zero attached hydrogens (tertiary/aromatic N) is 7. The SMILES string of the molecule is O=C(C1CCN(c2ccc3nnc(C(F)(F)F)n3n2)CC1)N1CCCN(CC2CCCCC2)CC1. The van der Waals surface area contributed by atoms with Crippen LogP contribution in [0.15, 0.2) is 12.1 Å². The zero-order chi connectivity index (χ0) is 24.4. The van der Waals surface area contributed by atoms with Crippen molar-refractivity contribution < 1.29 is 18.0 Å². The van der Waals surface area contributed by atoms with E-state index in [0.29, 0.717) is 31.7 Å². The summed E-state index contributed by atoms with van der Waals surface area (Å²) in [5.41, 5.74) is 0.0600. The lowest BCUT2D eigenvalue weighted by Crippen LogP contribution is -2.44. The molecule has 3 fully saturated rings. The quantitative estimate of drug-likeness (QED) is 0.650. The van der Waals surface area contributed by atoms with Crippen LogP contribution >= 0.6 is 0 Å². The Labute approximate surface area is 203 Å². The fourth-order valence-electron chi connectivity index (χ4n) is 5.85. The lowest BCUT2D eigenvalue weighted by molar-refractivity contribution is -0.146. The second kappa shape index (κ2) is 10.3. The summed E-state index contributed by atoms with van der Waals surface area (Å²) >= 11 is 0. The molecule has 0 N–H and O–H groups in total. The van der Waals surface area contributed by atoms with E-state index in [1.165, 1.54) is 44.7 Å². The fraction of sp³-hybridized carbons (Fsp3) is 0.750. The number of halogens is 3. The Balaban J connectivity index is 1.15. The van der Waals surface area contributed by atoms with Crippen LogP contribution in [0.25, 0.3) is 5.65 Å². The highest BCUT2D eigenvalue weighted by Gasteiger charge is 2.38. The van der Waals surface area contributed by atoms with E-state index in [1.807, 2.05) is 9.80 Å². The van der Waals surface area contributed by atoms with Crippen molar-refractivity contribution >= 4 is 17.4 Å². The van der Waals surface area contributed by atoms with Gasteiger partial charge in [-0.2, -0.15) is 17.7 Å². The van der Waals surface area contributed by atoms with E-state index in [-0.39, 0.29) is 17.5 Å². The van der Waals surface area contributed by atoms with Crippen LogP contribution in [0.4, 0.5) is 19.0 Å². The lowest BCUT2D eigenvalue weighted by atomic mass is 9.89. The Morgan fingerprint density at radius 3 is 2.40 bits per heavy atom. The fourth-order valence-corrected chi connectivity index (χ4v) is 5.85. The maximum Gasteiger partial charge on any atom is 0.453 e. The summed E-state index contributed by atoms with van der Waals surface area (Å²) < 4.78 is 40.3. The summed E-state index contributed by atoms with van der Waals surface area (Å²) in [7, 11) is 0. The molecule has 11 heteroatoms. The molecule has 2 aromatic rings. The van der Waals surface area contributed by atoms with Gasteiger partial charge in [0, 0.05) is 45.2 Å². The van der Waals surface area contributed by atoms with E-state index in [1.54, 1.807) is 6.07 Å². The van der Waals surface area contributed by atoms with Crippen LogP contribution in [0.3, 0.4) is 0 Å². The average Bonchev–Trinajstić information content (AvgIpc) is 3.17. The molecule has 0 aromatic carbocycles. The Hall–Kier alpha value is -2.43. The number of hydrogen-bond acceptors (Lipinski definition) is 6. The van der Waals surface area contributed by atoms with Crippen molar-refractivity contribution in [1.29, 1.82) is 0 Å². The van der Waals surface area contributed by atoms with Crippen LogP contribution < -0.4 is 4.90 Å². The molecule has 0 atom stereocenters. The number of alkyl halides is 3. The van der Waals surface area contributed by atoms with Gasteiger partial charge in [-0.3, -0.25) is 4.79 Å². The van der Waals surface area contributed by atoms with Gasteiger partial charge in [0.25, 0.3) is 5.82 Å². The lowest BCUT2D eigenvalue weighted by Gasteiger charge is -2.34. The molecule has 5 rings (SSSR count). The van der Waals surface area contributed by atoms with Crippen molar-refractivity contribution in [2.75, 3.05) is 50.7 Å². The van der Waals surface area contributed by atoms with Gasteiger partial charge in [-0.15, -0.1) is 15.3 Å². The monoisotopic (exact) mass is 493 g/mol. The standard InChI is InChI=1S/C24H34F3N7O/c25-24(26,27)23-29-28-20-7-8-21(30-34(20)23)32-13-9-19(10-14-32)22(35)33-12-4-11-31(15-16-33)17-18-5-2-1-3-6-18/h7-8,18-19H,1-6,9-17H2. The third-order valence-corrected chi connectivity index (χ3v) is 7.81. The van der Waals surface area contributed by atoms with Crippen LogP contribution in [0, 0.1) is 11.8 Å². The second-order valence-electron chi connectivity index (χ2n) is 10.2. The van der Waals surface area contributed by atoms with Crippen molar-refractivity contribution in [3.63, 3.8) is 0 Å². The molecule has 1 aliphatic carbocycles. The number of hydrogen-bond donors (Lipinski definition) is 0. The number of aromatic nitrogens is 4. The summed E-state index contributed by atoms with van der Waals surface area (Å²) in [4.78, 5) is 19.8. The van der Waals surface area contributed by atoms with Crippen LogP contribution in [0.1, 0.15) is 57.2 Å². The summed E-state index contributed by atoms with van der Waals surface area (Å²) in [5, 5.41) is 11.0. The van der Waals surface area contributed by atoms with Gasteiger partial charge in [-0.1, -0.05) is 19.3 Å². The summed E-state index contributed by atoms with van der Waals surface area (Å²) in [6, 6.07) is 3.17. The molecule has 2 aliphatic heterocycles. The first-order valence-electron chi connectivity index (χ1n) is 12.9. The molecule has 192 valence electrons. The van der Waals surface area contributed by atoms with Crippen molar-refractivity contribution in [1.82, 2.24) is 29.6 Å². The van der Waals surface area contributed by atoms with E-state index in [0.717, 1.165) is 43.0 Å². The summed E-state index contributed by atoms with van der Waals surface area (Å²) in [6.07, 6.45) is 4.51. The maximum absolute atomic E-state index is 13.3. The van der Waals surface area contributed by atoms with Gasteiger partial charge in [0.05, 0.1) is 0 Å². The number of carbonyl (C=O) groups excluding carboxylic acids is 1. The number of piperidine rings is 1. The van der Waals surface area contributed by atoms with Crippen LogP contribution in [0.5, 0.6) is 0 Å². The van der Waals surface area contributed by atoms with Gasteiger partial charge in [-0.25, -0.2) is 0 Å². The van der Waals surface area contributed by atoms with Crippen LogP contribution in [0.2, 0.25) is 0 Å². The van der Waals surface area contributed by atoms with Crippen LogP contribution in [-0.2, 0) is 11.0 Å².